The molecule has 1 rings (SSSR count). The van der Waals surface area contributed by atoms with Gasteiger partial charge in [0.1, 0.15) is 0 Å². The van der Waals surface area contributed by atoms with Crippen LogP contribution in [0, 0.1) is 19.3 Å². The first-order valence-electron chi connectivity index (χ1n) is 3.81. The van der Waals surface area contributed by atoms with Crippen molar-refractivity contribution in [3.8, 4) is 5.92 Å². The van der Waals surface area contributed by atoms with Crippen molar-refractivity contribution in [3.05, 3.63) is 13.3 Å². The summed E-state index contributed by atoms with van der Waals surface area (Å²) in [6.45, 7) is 5.76. The quantitative estimate of drug-likeness (QED) is 0.467. The van der Waals surface area contributed by atoms with E-state index >= 15 is 0 Å². The molecule has 3 heteroatoms. The average Bonchev–Trinajstić information content (AvgIpc) is 1.94. The minimum absolute atomic E-state index is 0. The van der Waals surface area contributed by atoms with Gasteiger partial charge in [-0.05, 0) is 13.0 Å². The normalized spacial score (nSPS) is 23.2. The summed E-state index contributed by atoms with van der Waals surface area (Å²) in [5.41, 5.74) is 0. The Morgan fingerprint density at radius 2 is 2.17 bits per heavy atom. The Hall–Kier alpha value is 1.31. The standard InChI is InChI=1S/C9H13N.W.Y/c1-3-7-10-8-5-4-6-9(10)2;;/h9H,2,4-8H2;;/q-2;;. The number of likely N-dealkylation sites (tertiary alicyclic amines) is 1. The van der Waals surface area contributed by atoms with E-state index in [-0.39, 0.29) is 53.8 Å². The van der Waals surface area contributed by atoms with E-state index in [1.807, 2.05) is 0 Å². The molecule has 12 heavy (non-hydrogen) atoms. The SMILES string of the molecule is [C-]#CCN1CCCCC1[CH2-].[W].[Y]. The van der Waals surface area contributed by atoms with Crippen LogP contribution in [0.15, 0.2) is 0 Å². The predicted octanol–water partition coefficient (Wildman–Crippen LogP) is 1.26. The first kappa shape index (κ1) is 15.8. The Balaban J connectivity index is 0. The second-order valence-electron chi connectivity index (χ2n) is 2.80. The molecule has 0 aromatic carbocycles. The van der Waals surface area contributed by atoms with Crippen LogP contribution in [0.5, 0.6) is 0 Å². The third kappa shape index (κ3) is 5.13. The van der Waals surface area contributed by atoms with Crippen molar-refractivity contribution in [2.24, 2.45) is 0 Å². The van der Waals surface area contributed by atoms with Crippen molar-refractivity contribution in [2.45, 2.75) is 25.3 Å². The fraction of sp³-hybridized carbons (Fsp3) is 0.667. The molecule has 1 atom stereocenters. The van der Waals surface area contributed by atoms with Gasteiger partial charge in [0.25, 0.3) is 0 Å². The maximum atomic E-state index is 6.81. The zero-order chi connectivity index (χ0) is 7.40. The molecule has 1 radical (unpaired) electrons. The minimum atomic E-state index is 0. The van der Waals surface area contributed by atoms with Gasteiger partial charge in [0.2, 0.25) is 0 Å². The summed E-state index contributed by atoms with van der Waals surface area (Å²) in [4.78, 5) is 2.20. The molecule has 0 aromatic heterocycles. The molecule has 0 N–H and O–H groups in total. The van der Waals surface area contributed by atoms with Gasteiger partial charge >= 0.3 is 0 Å². The van der Waals surface area contributed by atoms with E-state index in [9.17, 15) is 0 Å². The first-order valence-corrected chi connectivity index (χ1v) is 3.81. The predicted molar refractivity (Wildman–Crippen MR) is 41.7 cm³/mol. The minimum Gasteiger partial charge on any atom is -0.692 e. The van der Waals surface area contributed by atoms with Crippen LogP contribution in [0.4, 0.5) is 0 Å². The van der Waals surface area contributed by atoms with E-state index in [1.165, 1.54) is 19.3 Å². The fourth-order valence-corrected chi connectivity index (χ4v) is 1.37. The molecule has 1 aliphatic rings. The van der Waals surface area contributed by atoms with Crippen LogP contribution in [-0.2, 0) is 53.8 Å². The van der Waals surface area contributed by atoms with Crippen molar-refractivity contribution >= 4 is 0 Å². The van der Waals surface area contributed by atoms with Crippen LogP contribution in [-0.4, -0.2) is 24.0 Å². The van der Waals surface area contributed by atoms with Gasteiger partial charge < -0.3 is 24.2 Å². The molecule has 0 aliphatic carbocycles. The summed E-state index contributed by atoms with van der Waals surface area (Å²) < 4.78 is 0. The van der Waals surface area contributed by atoms with Crippen LogP contribution in [0.2, 0.25) is 0 Å². The molecule has 0 amide bonds. The van der Waals surface area contributed by atoms with E-state index in [1.54, 1.807) is 0 Å². The Morgan fingerprint density at radius 1 is 1.50 bits per heavy atom. The number of hydrogen-bond acceptors (Lipinski definition) is 1. The van der Waals surface area contributed by atoms with E-state index in [0.29, 0.717) is 12.6 Å². The molecule has 0 bridgehead atoms. The molecule has 0 aromatic rings. The molecule has 1 heterocycles. The molecule has 65 valence electrons. The molecule has 1 unspecified atom stereocenters. The molecular formula is C9H13NWY-2. The second kappa shape index (κ2) is 8.89. The Bertz CT molecular complexity index is 144. The number of hydrogen-bond donors (Lipinski definition) is 0. The van der Waals surface area contributed by atoms with Crippen molar-refractivity contribution < 1.29 is 53.8 Å². The summed E-state index contributed by atoms with van der Waals surface area (Å²) in [7, 11) is 0. The van der Waals surface area contributed by atoms with Crippen molar-refractivity contribution in [2.75, 3.05) is 13.1 Å². The van der Waals surface area contributed by atoms with Gasteiger partial charge in [-0.3, -0.25) is 0 Å². The number of nitrogens with zero attached hydrogens (tertiary/aromatic N) is 1. The maximum Gasteiger partial charge on any atom is 0.0182 e. The van der Waals surface area contributed by atoms with Crippen LogP contribution < -0.4 is 0 Å². The van der Waals surface area contributed by atoms with E-state index in [2.05, 4.69) is 17.7 Å². The van der Waals surface area contributed by atoms with Crippen molar-refractivity contribution in [1.29, 1.82) is 0 Å². The summed E-state index contributed by atoms with van der Waals surface area (Å²) in [5, 5.41) is 0. The molecular weight excluding hydrogens is 395 g/mol. The molecule has 1 fully saturated rings. The first-order chi connectivity index (χ1) is 4.84. The number of rotatable bonds is 1. The zero-order valence-electron chi connectivity index (χ0n) is 7.25. The van der Waals surface area contributed by atoms with Crippen LogP contribution in [0.25, 0.3) is 0 Å². The molecule has 1 saturated heterocycles. The Kier molecular flexibility index (Phi) is 11.7. The third-order valence-corrected chi connectivity index (χ3v) is 2.03. The second-order valence-corrected chi connectivity index (χ2v) is 2.80. The Labute approximate surface area is 115 Å². The molecule has 0 saturated carbocycles. The maximum absolute atomic E-state index is 6.81. The van der Waals surface area contributed by atoms with Gasteiger partial charge in [-0.25, -0.2) is 0 Å². The van der Waals surface area contributed by atoms with Crippen LogP contribution in [0.1, 0.15) is 19.3 Å². The fourth-order valence-electron chi connectivity index (χ4n) is 1.37. The van der Waals surface area contributed by atoms with Gasteiger partial charge in [0, 0.05) is 60.3 Å². The van der Waals surface area contributed by atoms with E-state index in [0.717, 1.165) is 6.54 Å². The summed E-state index contributed by atoms with van der Waals surface area (Å²) >= 11 is 0. The molecule has 0 spiro atoms. The van der Waals surface area contributed by atoms with Crippen LogP contribution in [0.3, 0.4) is 0 Å². The van der Waals surface area contributed by atoms with Gasteiger partial charge in [0.05, 0.1) is 0 Å². The number of piperidine rings is 1. The van der Waals surface area contributed by atoms with Crippen molar-refractivity contribution in [3.63, 3.8) is 0 Å². The van der Waals surface area contributed by atoms with Gasteiger partial charge in [-0.2, -0.15) is 0 Å². The van der Waals surface area contributed by atoms with E-state index in [4.69, 9.17) is 6.42 Å². The van der Waals surface area contributed by atoms with Gasteiger partial charge in [0.15, 0.2) is 0 Å². The van der Waals surface area contributed by atoms with Crippen LogP contribution >= 0.6 is 0 Å². The third-order valence-electron chi connectivity index (χ3n) is 2.03. The molecule has 1 nitrogen and oxygen atoms in total. The summed E-state index contributed by atoms with van der Waals surface area (Å²) in [6, 6.07) is 0.423. The Morgan fingerprint density at radius 3 is 2.67 bits per heavy atom. The topological polar surface area (TPSA) is 3.24 Å². The monoisotopic (exact) mass is 408 g/mol. The summed E-state index contributed by atoms with van der Waals surface area (Å²) in [5.74, 6) is 2.40. The molecule has 1 aliphatic heterocycles. The average molecular weight is 408 g/mol. The van der Waals surface area contributed by atoms with Gasteiger partial charge in [-0.15, -0.1) is 6.04 Å². The van der Waals surface area contributed by atoms with E-state index < -0.39 is 0 Å². The zero-order valence-corrected chi connectivity index (χ0v) is 13.0. The largest absolute Gasteiger partial charge is 0.692 e. The smallest absolute Gasteiger partial charge is 0.0182 e. The van der Waals surface area contributed by atoms with Gasteiger partial charge in [-0.1, -0.05) is 12.8 Å². The van der Waals surface area contributed by atoms with Crippen molar-refractivity contribution in [1.82, 2.24) is 4.90 Å². The summed E-state index contributed by atoms with van der Waals surface area (Å²) in [6.07, 6.45) is 10.5.